The lowest BCUT2D eigenvalue weighted by Crippen LogP contribution is -2.70. The smallest absolute Gasteiger partial charge is 0.302 e. The summed E-state index contributed by atoms with van der Waals surface area (Å²) in [7, 11) is 0. The Bertz CT molecular complexity index is 933. The summed E-state index contributed by atoms with van der Waals surface area (Å²) in [5.74, 6) is 0.0713. The number of aliphatic hydroxyl groups is 3. The number of fused-ring (bicyclic) bond motifs is 5. The number of allylic oxidation sites excluding steroid dienone is 2. The fourth-order valence-corrected chi connectivity index (χ4v) is 10.6. The Morgan fingerprint density at radius 2 is 1.62 bits per heavy atom. The Morgan fingerprint density at radius 3 is 2.22 bits per heavy atom. The van der Waals surface area contributed by atoms with E-state index in [-0.39, 0.29) is 39.7 Å². The standard InChI is InChI=1S/C32H54O5/c1-20(2)11-10-14-31(9,35)32(36)18-17-30(8)26(32)22(37-21(3)33)19-24-28(6)15-13-25(34)27(4,5)23(28)12-16-29(24,30)7/h11,22-26,34-36H,10,12-19H2,1-9H3/t22-,23-,24-,25-,26+,28+,29-,30-,31+,32-/m1/s1. The fraction of sp³-hybridized carbons (Fsp3) is 0.906. The lowest BCUT2D eigenvalue weighted by Gasteiger charge is -2.71. The van der Waals surface area contributed by atoms with Crippen molar-refractivity contribution >= 4 is 5.97 Å². The third kappa shape index (κ3) is 4.08. The van der Waals surface area contributed by atoms with Gasteiger partial charge in [0.05, 0.1) is 17.3 Å². The third-order valence-electron chi connectivity index (χ3n) is 12.8. The molecule has 0 heterocycles. The van der Waals surface area contributed by atoms with Crippen LogP contribution in [0.15, 0.2) is 11.6 Å². The van der Waals surface area contributed by atoms with Crippen LogP contribution in [0.3, 0.4) is 0 Å². The summed E-state index contributed by atoms with van der Waals surface area (Å²) in [6, 6.07) is 0. The van der Waals surface area contributed by atoms with E-state index in [0.717, 1.165) is 32.1 Å². The highest BCUT2D eigenvalue weighted by atomic mass is 16.5. The SMILES string of the molecule is CC(=O)O[C@@H]1C[C@@H]2[C@@]3(C)CC[C@@H](O)C(C)(C)[C@H]3CC[C@@]2(C)[C@]2(C)CC[C@](O)([C@@](C)(O)CCC=C(C)C)[C@@H]12. The molecule has 0 aromatic carbocycles. The molecule has 4 fully saturated rings. The molecule has 3 N–H and O–H groups in total. The normalized spacial score (nSPS) is 48.2. The maximum atomic E-state index is 12.5. The van der Waals surface area contributed by atoms with Crippen molar-refractivity contribution < 1.29 is 24.9 Å². The molecule has 5 nitrogen and oxygen atoms in total. The van der Waals surface area contributed by atoms with Crippen molar-refractivity contribution in [1.82, 2.24) is 0 Å². The van der Waals surface area contributed by atoms with E-state index in [1.807, 2.05) is 0 Å². The lowest BCUT2D eigenvalue weighted by molar-refractivity contribution is -0.274. The summed E-state index contributed by atoms with van der Waals surface area (Å²) >= 11 is 0. The van der Waals surface area contributed by atoms with Gasteiger partial charge in [0.25, 0.3) is 0 Å². The first kappa shape index (κ1) is 29.1. The zero-order chi connectivity index (χ0) is 27.8. The number of hydrogen-bond acceptors (Lipinski definition) is 5. The van der Waals surface area contributed by atoms with Gasteiger partial charge < -0.3 is 20.1 Å². The van der Waals surface area contributed by atoms with Gasteiger partial charge in [0.15, 0.2) is 0 Å². The van der Waals surface area contributed by atoms with E-state index in [4.69, 9.17) is 4.74 Å². The van der Waals surface area contributed by atoms with Gasteiger partial charge in [-0.05, 0) is 112 Å². The fourth-order valence-electron chi connectivity index (χ4n) is 10.6. The summed E-state index contributed by atoms with van der Waals surface area (Å²) in [6.07, 6.45) is 8.47. The highest BCUT2D eigenvalue weighted by Gasteiger charge is 2.75. The van der Waals surface area contributed by atoms with Crippen molar-refractivity contribution in [2.75, 3.05) is 0 Å². The summed E-state index contributed by atoms with van der Waals surface area (Å²) < 4.78 is 6.12. The van der Waals surface area contributed by atoms with Gasteiger partial charge in [0, 0.05) is 12.8 Å². The molecule has 4 aliphatic rings. The monoisotopic (exact) mass is 518 g/mol. The molecule has 4 aliphatic carbocycles. The Labute approximate surface area is 225 Å². The average molecular weight is 519 g/mol. The highest BCUT2D eigenvalue weighted by molar-refractivity contribution is 5.66. The molecular weight excluding hydrogens is 464 g/mol. The van der Waals surface area contributed by atoms with E-state index in [1.165, 1.54) is 12.5 Å². The molecule has 0 aromatic rings. The minimum absolute atomic E-state index is 0.0226. The summed E-state index contributed by atoms with van der Waals surface area (Å²) in [6.45, 7) is 19.0. The van der Waals surface area contributed by atoms with Crippen molar-refractivity contribution in [3.05, 3.63) is 11.6 Å². The molecule has 4 saturated carbocycles. The molecule has 0 bridgehead atoms. The number of rotatable bonds is 5. The molecule has 10 atom stereocenters. The Morgan fingerprint density at radius 1 is 0.973 bits per heavy atom. The van der Waals surface area contributed by atoms with Crippen LogP contribution in [0.2, 0.25) is 0 Å². The average Bonchev–Trinajstić information content (AvgIpc) is 3.06. The summed E-state index contributed by atoms with van der Waals surface area (Å²) in [4.78, 5) is 12.5. The van der Waals surface area contributed by atoms with E-state index in [0.29, 0.717) is 37.5 Å². The van der Waals surface area contributed by atoms with Gasteiger partial charge in [0.1, 0.15) is 6.10 Å². The van der Waals surface area contributed by atoms with E-state index < -0.39 is 17.3 Å². The first-order valence-electron chi connectivity index (χ1n) is 14.8. The van der Waals surface area contributed by atoms with E-state index in [1.54, 1.807) is 6.92 Å². The number of hydrogen-bond donors (Lipinski definition) is 3. The van der Waals surface area contributed by atoms with E-state index in [2.05, 4.69) is 54.5 Å². The van der Waals surface area contributed by atoms with Crippen LogP contribution in [0.4, 0.5) is 0 Å². The van der Waals surface area contributed by atoms with Crippen molar-refractivity contribution in [1.29, 1.82) is 0 Å². The van der Waals surface area contributed by atoms with Crippen molar-refractivity contribution in [2.45, 2.75) is 144 Å². The molecule has 37 heavy (non-hydrogen) atoms. The van der Waals surface area contributed by atoms with Crippen LogP contribution in [0, 0.1) is 39.4 Å². The van der Waals surface area contributed by atoms with Crippen LogP contribution in [0.25, 0.3) is 0 Å². The molecule has 0 aromatic heterocycles. The molecule has 0 saturated heterocycles. The van der Waals surface area contributed by atoms with Crippen LogP contribution < -0.4 is 0 Å². The predicted molar refractivity (Wildman–Crippen MR) is 147 cm³/mol. The van der Waals surface area contributed by atoms with E-state index in [9.17, 15) is 20.1 Å². The van der Waals surface area contributed by atoms with Gasteiger partial charge in [0.2, 0.25) is 0 Å². The van der Waals surface area contributed by atoms with Gasteiger partial charge in [-0.3, -0.25) is 4.79 Å². The number of carbonyl (C=O) groups is 1. The molecule has 0 amide bonds. The second kappa shape index (κ2) is 9.06. The van der Waals surface area contributed by atoms with Crippen molar-refractivity contribution in [3.63, 3.8) is 0 Å². The molecule has 5 heteroatoms. The number of ether oxygens (including phenoxy) is 1. The van der Waals surface area contributed by atoms with Crippen molar-refractivity contribution in [3.8, 4) is 0 Å². The molecule has 212 valence electrons. The highest BCUT2D eigenvalue weighted by Crippen LogP contribution is 2.76. The van der Waals surface area contributed by atoms with Crippen molar-refractivity contribution in [2.24, 2.45) is 39.4 Å². The predicted octanol–water partition coefficient (Wildman–Crippen LogP) is 6.19. The maximum Gasteiger partial charge on any atom is 0.302 e. The molecular formula is C32H54O5. The van der Waals surface area contributed by atoms with Gasteiger partial charge in [-0.25, -0.2) is 0 Å². The third-order valence-corrected chi connectivity index (χ3v) is 12.8. The second-order valence-electron chi connectivity index (χ2n) is 15.2. The first-order chi connectivity index (χ1) is 16.9. The maximum absolute atomic E-state index is 12.5. The van der Waals surface area contributed by atoms with Gasteiger partial charge >= 0.3 is 5.97 Å². The quantitative estimate of drug-likeness (QED) is 0.299. The van der Waals surface area contributed by atoms with Gasteiger partial charge in [-0.1, -0.05) is 46.3 Å². The van der Waals surface area contributed by atoms with E-state index >= 15 is 0 Å². The van der Waals surface area contributed by atoms with Gasteiger partial charge in [-0.2, -0.15) is 0 Å². The Balaban J connectivity index is 1.79. The van der Waals surface area contributed by atoms with Crippen LogP contribution >= 0.6 is 0 Å². The number of carbonyl (C=O) groups excluding carboxylic acids is 1. The minimum atomic E-state index is -1.33. The van der Waals surface area contributed by atoms with Crippen LogP contribution in [-0.4, -0.2) is 44.7 Å². The summed E-state index contributed by atoms with van der Waals surface area (Å²) in [5, 5.41) is 35.3. The molecule has 0 unspecified atom stereocenters. The number of aliphatic hydroxyl groups excluding tert-OH is 1. The number of esters is 1. The molecule has 0 aliphatic heterocycles. The molecule has 0 radical (unpaired) electrons. The van der Waals surface area contributed by atoms with Crippen LogP contribution in [0.5, 0.6) is 0 Å². The molecule has 0 spiro atoms. The Kier molecular flexibility index (Phi) is 7.12. The van der Waals surface area contributed by atoms with Crippen LogP contribution in [-0.2, 0) is 9.53 Å². The summed E-state index contributed by atoms with van der Waals surface area (Å²) in [5.41, 5.74) is -1.89. The largest absolute Gasteiger partial charge is 0.462 e. The van der Waals surface area contributed by atoms with Gasteiger partial charge in [-0.15, -0.1) is 0 Å². The zero-order valence-corrected chi connectivity index (χ0v) is 25.0. The topological polar surface area (TPSA) is 87.0 Å². The minimum Gasteiger partial charge on any atom is -0.462 e. The Hall–Kier alpha value is -0.910. The first-order valence-corrected chi connectivity index (χ1v) is 14.8. The van der Waals surface area contributed by atoms with Crippen LogP contribution in [0.1, 0.15) is 120 Å². The second-order valence-corrected chi connectivity index (χ2v) is 15.2. The molecule has 4 rings (SSSR count). The zero-order valence-electron chi connectivity index (χ0n) is 25.0. The lowest BCUT2D eigenvalue weighted by atomic mass is 9.35.